The second-order valence-electron chi connectivity index (χ2n) is 2.96. The van der Waals surface area contributed by atoms with Gasteiger partial charge in [0.1, 0.15) is 5.82 Å². The van der Waals surface area contributed by atoms with Crippen molar-refractivity contribution in [2.24, 2.45) is 5.73 Å². The predicted octanol–water partition coefficient (Wildman–Crippen LogP) is -1.42. The Morgan fingerprint density at radius 1 is 1.56 bits per heavy atom. The third-order valence-corrected chi connectivity index (χ3v) is 2.70. The van der Waals surface area contributed by atoms with Crippen LogP contribution in [0.4, 0.5) is 5.82 Å². The van der Waals surface area contributed by atoms with Crippen molar-refractivity contribution in [3.63, 3.8) is 0 Å². The molecule has 0 spiro atoms. The van der Waals surface area contributed by atoms with Crippen LogP contribution >= 0.6 is 11.8 Å². The largest absolute Gasteiger partial charge is 0.385 e. The van der Waals surface area contributed by atoms with Crippen LogP contribution in [0.1, 0.15) is 0 Å². The SMILES string of the molecule is NC(=O)CSc1nnc2[nH]c(=O)cc(N)n12. The van der Waals surface area contributed by atoms with Gasteiger partial charge in [0.05, 0.1) is 5.75 Å². The number of thioether (sulfide) groups is 1. The number of nitrogen functional groups attached to an aromatic ring is 1. The lowest BCUT2D eigenvalue weighted by atomic mass is 10.6. The first-order valence-corrected chi connectivity index (χ1v) is 5.21. The van der Waals surface area contributed by atoms with Crippen molar-refractivity contribution in [3.05, 3.63) is 16.4 Å². The van der Waals surface area contributed by atoms with Gasteiger partial charge in [0, 0.05) is 6.07 Å². The van der Waals surface area contributed by atoms with Crippen LogP contribution in [-0.4, -0.2) is 31.2 Å². The third-order valence-electron chi connectivity index (χ3n) is 1.75. The van der Waals surface area contributed by atoms with Gasteiger partial charge in [-0.1, -0.05) is 11.8 Å². The van der Waals surface area contributed by atoms with E-state index in [-0.39, 0.29) is 22.9 Å². The van der Waals surface area contributed by atoms with Gasteiger partial charge in [0.25, 0.3) is 5.56 Å². The van der Waals surface area contributed by atoms with Gasteiger partial charge in [-0.25, -0.2) is 4.40 Å². The van der Waals surface area contributed by atoms with Crippen molar-refractivity contribution in [1.29, 1.82) is 0 Å². The Kier molecular flexibility index (Phi) is 2.52. The van der Waals surface area contributed by atoms with Crippen molar-refractivity contribution < 1.29 is 4.79 Å². The quantitative estimate of drug-likeness (QED) is 0.564. The Morgan fingerprint density at radius 2 is 2.31 bits per heavy atom. The fourth-order valence-corrected chi connectivity index (χ4v) is 1.85. The van der Waals surface area contributed by atoms with Crippen LogP contribution in [-0.2, 0) is 4.79 Å². The van der Waals surface area contributed by atoms with Crippen LogP contribution in [0, 0.1) is 0 Å². The van der Waals surface area contributed by atoms with E-state index in [9.17, 15) is 9.59 Å². The normalized spacial score (nSPS) is 10.8. The maximum Gasteiger partial charge on any atom is 0.254 e. The molecule has 0 saturated carbocycles. The molecule has 0 unspecified atom stereocenters. The summed E-state index contributed by atoms with van der Waals surface area (Å²) >= 11 is 1.10. The van der Waals surface area contributed by atoms with Crippen molar-refractivity contribution >= 4 is 29.3 Å². The maximum atomic E-state index is 11.1. The van der Waals surface area contributed by atoms with Gasteiger partial charge in [0.2, 0.25) is 11.7 Å². The molecule has 84 valence electrons. The number of fused-ring (bicyclic) bond motifs is 1. The fourth-order valence-electron chi connectivity index (χ4n) is 1.16. The van der Waals surface area contributed by atoms with E-state index in [0.717, 1.165) is 11.8 Å². The summed E-state index contributed by atoms with van der Waals surface area (Å²) in [6.07, 6.45) is 0. The Hall–Kier alpha value is -2.03. The van der Waals surface area contributed by atoms with Crippen molar-refractivity contribution in [3.8, 4) is 0 Å². The Balaban J connectivity index is 2.47. The molecule has 1 amide bonds. The summed E-state index contributed by atoms with van der Waals surface area (Å²) in [5.74, 6) is 0.0387. The highest BCUT2D eigenvalue weighted by atomic mass is 32.2. The highest BCUT2D eigenvalue weighted by Crippen LogP contribution is 2.17. The van der Waals surface area contributed by atoms with Gasteiger partial charge in [-0.15, -0.1) is 10.2 Å². The number of aromatic nitrogens is 4. The number of hydrogen-bond donors (Lipinski definition) is 3. The number of nitrogens with zero attached hydrogens (tertiary/aromatic N) is 3. The number of primary amides is 1. The van der Waals surface area contributed by atoms with E-state index in [0.29, 0.717) is 5.16 Å². The second kappa shape index (κ2) is 3.85. The monoisotopic (exact) mass is 240 g/mol. The number of nitrogens with one attached hydrogen (secondary N) is 1. The van der Waals surface area contributed by atoms with Gasteiger partial charge in [-0.3, -0.25) is 14.6 Å². The molecule has 5 N–H and O–H groups in total. The van der Waals surface area contributed by atoms with E-state index < -0.39 is 5.91 Å². The van der Waals surface area contributed by atoms with E-state index >= 15 is 0 Å². The minimum absolute atomic E-state index is 0.0688. The molecule has 0 saturated heterocycles. The second-order valence-corrected chi connectivity index (χ2v) is 3.90. The topological polar surface area (TPSA) is 132 Å². The van der Waals surface area contributed by atoms with Gasteiger partial charge in [-0.05, 0) is 0 Å². The molecule has 8 nitrogen and oxygen atoms in total. The summed E-state index contributed by atoms with van der Waals surface area (Å²) in [5.41, 5.74) is 10.3. The number of carbonyl (C=O) groups excluding carboxylic acids is 1. The lowest BCUT2D eigenvalue weighted by Crippen LogP contribution is -2.14. The molecule has 2 aromatic heterocycles. The Bertz CT molecular complexity index is 602. The van der Waals surface area contributed by atoms with Crippen LogP contribution in [0.5, 0.6) is 0 Å². The standard InChI is InChI=1S/C7H8N6O2S/c8-3-1-5(15)10-6-11-12-7(13(3)6)16-2-4(9)14/h1H,2,8H2,(H2,9,14)(H,10,11,15). The summed E-state index contributed by atoms with van der Waals surface area (Å²) in [7, 11) is 0. The molecule has 0 fully saturated rings. The minimum atomic E-state index is -0.468. The summed E-state index contributed by atoms with van der Waals surface area (Å²) in [5, 5.41) is 7.92. The molecule has 0 bridgehead atoms. The number of amides is 1. The highest BCUT2D eigenvalue weighted by molar-refractivity contribution is 7.99. The first-order valence-electron chi connectivity index (χ1n) is 4.23. The van der Waals surface area contributed by atoms with E-state index in [2.05, 4.69) is 15.2 Å². The number of anilines is 1. The number of nitrogens with two attached hydrogens (primary N) is 2. The molecule has 2 aromatic rings. The molecule has 16 heavy (non-hydrogen) atoms. The smallest absolute Gasteiger partial charge is 0.254 e. The third kappa shape index (κ3) is 1.84. The lowest BCUT2D eigenvalue weighted by Gasteiger charge is -2.00. The van der Waals surface area contributed by atoms with E-state index in [1.807, 2.05) is 0 Å². The fraction of sp³-hybridized carbons (Fsp3) is 0.143. The van der Waals surface area contributed by atoms with Crippen LogP contribution < -0.4 is 17.0 Å². The summed E-state index contributed by atoms with van der Waals surface area (Å²) in [6, 6.07) is 1.21. The van der Waals surface area contributed by atoms with Crippen LogP contribution in [0.25, 0.3) is 5.78 Å². The zero-order valence-electron chi connectivity index (χ0n) is 8.01. The first-order chi connectivity index (χ1) is 7.58. The molecular formula is C7H8N6O2S. The molecule has 0 aliphatic carbocycles. The molecule has 2 rings (SSSR count). The molecule has 0 aromatic carbocycles. The number of aromatic amines is 1. The number of carbonyl (C=O) groups is 1. The number of hydrogen-bond acceptors (Lipinski definition) is 6. The lowest BCUT2D eigenvalue weighted by molar-refractivity contribution is -0.115. The van der Waals surface area contributed by atoms with Crippen LogP contribution in [0.2, 0.25) is 0 Å². The van der Waals surface area contributed by atoms with Crippen molar-refractivity contribution in [1.82, 2.24) is 19.6 Å². The molecule has 9 heteroatoms. The van der Waals surface area contributed by atoms with Gasteiger partial charge < -0.3 is 11.5 Å². The van der Waals surface area contributed by atoms with E-state index in [4.69, 9.17) is 11.5 Å². The van der Waals surface area contributed by atoms with Crippen molar-refractivity contribution in [2.75, 3.05) is 11.5 Å². The van der Waals surface area contributed by atoms with E-state index in [1.165, 1.54) is 10.5 Å². The van der Waals surface area contributed by atoms with Crippen LogP contribution in [0.3, 0.4) is 0 Å². The zero-order chi connectivity index (χ0) is 11.7. The molecule has 0 aliphatic heterocycles. The highest BCUT2D eigenvalue weighted by Gasteiger charge is 2.10. The van der Waals surface area contributed by atoms with Crippen molar-refractivity contribution in [2.45, 2.75) is 5.16 Å². The summed E-state index contributed by atoms with van der Waals surface area (Å²) in [4.78, 5) is 24.2. The summed E-state index contributed by atoms with van der Waals surface area (Å²) < 4.78 is 1.44. The molecule has 2 heterocycles. The molecule has 0 aliphatic rings. The zero-order valence-corrected chi connectivity index (χ0v) is 8.82. The predicted molar refractivity (Wildman–Crippen MR) is 57.9 cm³/mol. The van der Waals surface area contributed by atoms with Gasteiger partial charge in [0.15, 0.2) is 5.16 Å². The first kappa shape index (κ1) is 10.5. The average Bonchev–Trinajstić information content (AvgIpc) is 2.57. The molecular weight excluding hydrogens is 232 g/mol. The minimum Gasteiger partial charge on any atom is -0.385 e. The van der Waals surface area contributed by atoms with E-state index in [1.54, 1.807) is 0 Å². The molecule has 0 radical (unpaired) electrons. The number of rotatable bonds is 3. The van der Waals surface area contributed by atoms with Gasteiger partial charge in [-0.2, -0.15) is 0 Å². The summed E-state index contributed by atoms with van der Waals surface area (Å²) in [6.45, 7) is 0. The number of H-pyrrole nitrogens is 1. The molecule has 0 atom stereocenters. The van der Waals surface area contributed by atoms with Crippen LogP contribution in [0.15, 0.2) is 16.0 Å². The Labute approximate surface area is 93.0 Å². The maximum absolute atomic E-state index is 11.1. The Morgan fingerprint density at radius 3 is 3.00 bits per heavy atom. The average molecular weight is 240 g/mol. The van der Waals surface area contributed by atoms with Gasteiger partial charge >= 0.3 is 0 Å².